The second kappa shape index (κ2) is 45.2. The number of hydrogen-bond acceptors (Lipinski definition) is 9. The van der Waals surface area contributed by atoms with Gasteiger partial charge in [0.2, 0.25) is 0 Å². The predicted molar refractivity (Wildman–Crippen MR) is 267 cm³/mol. The van der Waals surface area contributed by atoms with Crippen LogP contribution in [0.3, 0.4) is 0 Å². The van der Waals surface area contributed by atoms with Gasteiger partial charge in [-0.2, -0.15) is 0 Å². The zero-order valence-electron chi connectivity index (χ0n) is 41.7. The maximum Gasteiger partial charge on any atom is 0.306 e. The molecule has 0 fully saturated rings. The quantitative estimate of drug-likeness (QED) is 0.0286. The van der Waals surface area contributed by atoms with Crippen LogP contribution in [0.1, 0.15) is 259 Å². The number of nitrogens with zero attached hydrogens (tertiary/aromatic N) is 1. The predicted octanol–water partition coefficient (Wildman–Crippen LogP) is 14.2. The Morgan fingerprint density at radius 1 is 0.516 bits per heavy atom. The summed E-state index contributed by atoms with van der Waals surface area (Å²) in [6.45, 7) is 15.6. The largest absolute Gasteiger partial charge is 0.465 e. The minimum atomic E-state index is -0.421. The lowest BCUT2D eigenvalue weighted by atomic mass is 10.0. The summed E-state index contributed by atoms with van der Waals surface area (Å²) in [5.74, 6) is -0.0166. The third-order valence-electron chi connectivity index (χ3n) is 12.4. The van der Waals surface area contributed by atoms with Gasteiger partial charge in [0.1, 0.15) is 23.6 Å². The van der Waals surface area contributed by atoms with E-state index in [1.165, 1.54) is 161 Å². The second-order valence-electron chi connectivity index (χ2n) is 18.1. The SMILES string of the molecule is CCCCCCCCC(CC)OC(=O)CCCCCCCN(CCCCCCCC)CCCNc1c(NC)c(=O)c1=O.CCCCCCCCC(CCCCCCCC)OC=O. The van der Waals surface area contributed by atoms with Crippen LogP contribution in [0, 0.1) is 0 Å². The molecule has 1 rings (SSSR count). The molecule has 0 saturated carbocycles. The van der Waals surface area contributed by atoms with Crippen molar-refractivity contribution in [3.8, 4) is 0 Å². The van der Waals surface area contributed by atoms with E-state index in [1.807, 2.05) is 0 Å². The first-order valence-corrected chi connectivity index (χ1v) is 26.6. The molecule has 1 aromatic carbocycles. The first kappa shape index (κ1) is 59.6. The molecule has 1 atom stereocenters. The molecule has 0 aliphatic carbocycles. The Hall–Kier alpha value is -2.42. The van der Waals surface area contributed by atoms with Crippen molar-refractivity contribution in [3.05, 3.63) is 20.4 Å². The highest BCUT2D eigenvalue weighted by Gasteiger charge is 2.19. The van der Waals surface area contributed by atoms with E-state index in [-0.39, 0.29) is 18.2 Å². The van der Waals surface area contributed by atoms with E-state index in [0.717, 1.165) is 77.4 Å². The molecule has 9 nitrogen and oxygen atoms in total. The number of hydrogen-bond donors (Lipinski definition) is 2. The lowest BCUT2D eigenvalue weighted by molar-refractivity contribution is -0.149. The number of nitrogens with one attached hydrogen (secondary N) is 2. The van der Waals surface area contributed by atoms with E-state index in [9.17, 15) is 19.2 Å². The number of esters is 1. The molecular weight excluding hydrogens is 775 g/mol. The van der Waals surface area contributed by atoms with Crippen LogP contribution in [-0.4, -0.2) is 62.8 Å². The molecule has 0 amide bonds. The lowest BCUT2D eigenvalue weighted by Crippen LogP contribution is -2.37. The molecule has 2 N–H and O–H groups in total. The number of rotatable bonds is 46. The minimum absolute atomic E-state index is 0.0166. The van der Waals surface area contributed by atoms with Gasteiger partial charge in [-0.15, -0.1) is 0 Å². The molecule has 0 spiro atoms. The number of carbonyl (C=O) groups excluding carboxylic acids is 2. The van der Waals surface area contributed by atoms with Gasteiger partial charge >= 0.3 is 5.97 Å². The summed E-state index contributed by atoms with van der Waals surface area (Å²) in [7, 11) is 1.68. The van der Waals surface area contributed by atoms with E-state index in [2.05, 4.69) is 50.2 Å². The van der Waals surface area contributed by atoms with Crippen molar-refractivity contribution in [1.82, 2.24) is 4.90 Å². The molecule has 1 aromatic rings. The fourth-order valence-electron chi connectivity index (χ4n) is 8.31. The van der Waals surface area contributed by atoms with Gasteiger partial charge in [0.25, 0.3) is 17.3 Å². The standard InChI is InChI=1S/C35H65N3O4.C18H36O2/c1-5-8-10-12-15-19-24-30(7-3)42-31(39)25-20-16-14-18-22-28-38(27-21-17-13-11-9-6-2)29-23-26-37-33-32(36-4)34(40)35(33)41;1-3-5-7-9-11-13-15-18(20-17-19)16-14-12-10-8-6-4-2/h30,36-37H,5-29H2,1-4H3;17-18H,3-16H2,1-2H3. The Balaban J connectivity index is 0.00000156. The van der Waals surface area contributed by atoms with Gasteiger partial charge in [-0.25, -0.2) is 0 Å². The summed E-state index contributed by atoms with van der Waals surface area (Å²) in [5.41, 5.74) is 0.0255. The Kier molecular flexibility index (Phi) is 43.4. The van der Waals surface area contributed by atoms with Crippen LogP contribution in [-0.2, 0) is 19.1 Å². The highest BCUT2D eigenvalue weighted by Crippen LogP contribution is 2.18. The van der Waals surface area contributed by atoms with Crippen molar-refractivity contribution in [3.63, 3.8) is 0 Å². The van der Waals surface area contributed by atoms with Crippen LogP contribution in [0.4, 0.5) is 11.4 Å². The van der Waals surface area contributed by atoms with E-state index in [4.69, 9.17) is 9.47 Å². The van der Waals surface area contributed by atoms with Crippen LogP contribution >= 0.6 is 0 Å². The molecule has 0 heterocycles. The van der Waals surface area contributed by atoms with E-state index in [0.29, 0.717) is 30.8 Å². The van der Waals surface area contributed by atoms with Crippen LogP contribution < -0.4 is 21.5 Å². The molecule has 364 valence electrons. The first-order valence-electron chi connectivity index (χ1n) is 26.6. The molecule has 0 radical (unpaired) electrons. The molecule has 0 aliphatic rings. The molecule has 0 aromatic heterocycles. The molecule has 0 aliphatic heterocycles. The fourth-order valence-corrected chi connectivity index (χ4v) is 8.31. The van der Waals surface area contributed by atoms with Crippen LogP contribution in [0.2, 0.25) is 0 Å². The van der Waals surface area contributed by atoms with Gasteiger partial charge in [0.05, 0.1) is 0 Å². The Bertz CT molecular complexity index is 1180. The maximum atomic E-state index is 12.3. The molecule has 9 heteroatoms. The molecular formula is C53H101N3O6. The van der Waals surface area contributed by atoms with Gasteiger partial charge in [-0.3, -0.25) is 19.2 Å². The van der Waals surface area contributed by atoms with Crippen LogP contribution in [0.25, 0.3) is 0 Å². The van der Waals surface area contributed by atoms with Crippen molar-refractivity contribution in [2.45, 2.75) is 272 Å². The normalized spacial score (nSPS) is 11.8. The highest BCUT2D eigenvalue weighted by atomic mass is 16.5. The highest BCUT2D eigenvalue weighted by molar-refractivity contribution is 5.73. The molecule has 0 saturated heterocycles. The number of ether oxygens (including phenoxy) is 2. The van der Waals surface area contributed by atoms with Gasteiger partial charge < -0.3 is 25.0 Å². The molecule has 0 bridgehead atoms. The minimum Gasteiger partial charge on any atom is -0.465 e. The average Bonchev–Trinajstić information content (AvgIpc) is 3.28. The third-order valence-corrected chi connectivity index (χ3v) is 12.4. The van der Waals surface area contributed by atoms with E-state index in [1.54, 1.807) is 7.05 Å². The van der Waals surface area contributed by atoms with Crippen molar-refractivity contribution in [1.29, 1.82) is 0 Å². The van der Waals surface area contributed by atoms with Gasteiger partial charge in [-0.05, 0) is 90.3 Å². The van der Waals surface area contributed by atoms with Crippen molar-refractivity contribution < 1.29 is 19.1 Å². The topological polar surface area (TPSA) is 114 Å². The lowest BCUT2D eigenvalue weighted by Gasteiger charge is -2.23. The zero-order valence-corrected chi connectivity index (χ0v) is 41.7. The maximum absolute atomic E-state index is 12.3. The monoisotopic (exact) mass is 876 g/mol. The number of unbranched alkanes of at least 4 members (excludes halogenated alkanes) is 24. The fraction of sp³-hybridized carbons (Fsp3) is 0.887. The number of anilines is 2. The summed E-state index contributed by atoms with van der Waals surface area (Å²) in [6, 6.07) is 0. The van der Waals surface area contributed by atoms with Gasteiger partial charge in [0, 0.05) is 20.0 Å². The number of carbonyl (C=O) groups is 2. The summed E-state index contributed by atoms with van der Waals surface area (Å²) < 4.78 is 11.0. The van der Waals surface area contributed by atoms with Crippen molar-refractivity contribution in [2.75, 3.05) is 43.9 Å². The Labute approximate surface area is 382 Å². The summed E-state index contributed by atoms with van der Waals surface area (Å²) in [5, 5.41) is 5.98. The second-order valence-corrected chi connectivity index (χ2v) is 18.1. The Morgan fingerprint density at radius 2 is 0.903 bits per heavy atom. The van der Waals surface area contributed by atoms with Gasteiger partial charge in [-0.1, -0.05) is 182 Å². The van der Waals surface area contributed by atoms with Crippen LogP contribution in [0.15, 0.2) is 9.59 Å². The first-order chi connectivity index (χ1) is 30.3. The summed E-state index contributed by atoms with van der Waals surface area (Å²) in [4.78, 5) is 48.8. The van der Waals surface area contributed by atoms with Crippen LogP contribution in [0.5, 0.6) is 0 Å². The Morgan fingerprint density at radius 3 is 1.34 bits per heavy atom. The molecule has 1 unspecified atom stereocenters. The van der Waals surface area contributed by atoms with Crippen molar-refractivity contribution >= 4 is 23.8 Å². The van der Waals surface area contributed by atoms with Crippen molar-refractivity contribution in [2.24, 2.45) is 0 Å². The van der Waals surface area contributed by atoms with E-state index >= 15 is 0 Å². The smallest absolute Gasteiger partial charge is 0.306 e. The molecule has 62 heavy (non-hydrogen) atoms. The summed E-state index contributed by atoms with van der Waals surface area (Å²) >= 11 is 0. The zero-order chi connectivity index (χ0) is 45.7. The van der Waals surface area contributed by atoms with E-state index < -0.39 is 10.9 Å². The summed E-state index contributed by atoms with van der Waals surface area (Å²) in [6.07, 6.45) is 42.4. The third kappa shape index (κ3) is 34.0. The van der Waals surface area contributed by atoms with Gasteiger partial charge in [0.15, 0.2) is 0 Å². The average molecular weight is 876 g/mol.